The van der Waals surface area contributed by atoms with Crippen LogP contribution in [-0.2, 0) is 11.2 Å². The number of hydrogen-bond acceptors (Lipinski definition) is 4. The summed E-state index contributed by atoms with van der Waals surface area (Å²) in [7, 11) is 1.49. The molecule has 4 nitrogen and oxygen atoms in total. The minimum atomic E-state index is -0.0397. The van der Waals surface area contributed by atoms with Gasteiger partial charge in [0.1, 0.15) is 11.5 Å². The van der Waals surface area contributed by atoms with Gasteiger partial charge in [-0.25, -0.2) is 0 Å². The summed E-state index contributed by atoms with van der Waals surface area (Å²) < 4.78 is 10.8. The van der Waals surface area contributed by atoms with Crippen LogP contribution in [0.25, 0.3) is 6.08 Å². The Labute approximate surface area is 158 Å². The van der Waals surface area contributed by atoms with Crippen molar-refractivity contribution in [2.75, 3.05) is 7.11 Å². The van der Waals surface area contributed by atoms with Crippen molar-refractivity contribution < 1.29 is 19.4 Å². The van der Waals surface area contributed by atoms with Crippen molar-refractivity contribution in [2.24, 2.45) is 0 Å². The van der Waals surface area contributed by atoms with Crippen LogP contribution < -0.4 is 9.47 Å². The predicted octanol–water partition coefficient (Wildman–Crippen LogP) is 5.02. The van der Waals surface area contributed by atoms with Crippen LogP contribution in [0.1, 0.15) is 11.1 Å². The molecule has 3 aromatic rings. The van der Waals surface area contributed by atoms with Gasteiger partial charge in [-0.05, 0) is 53.6 Å². The molecule has 136 valence electrons. The average Bonchev–Trinajstić information content (AvgIpc) is 2.67. The number of carbonyl (C=O) groups excluding carboxylic acids is 1. The summed E-state index contributed by atoms with van der Waals surface area (Å²) in [5.74, 6) is 1.84. The molecule has 0 saturated heterocycles. The number of allylic oxidation sites excluding steroid dienone is 1. The Morgan fingerprint density at radius 2 is 1.74 bits per heavy atom. The van der Waals surface area contributed by atoms with E-state index in [1.54, 1.807) is 24.3 Å². The summed E-state index contributed by atoms with van der Waals surface area (Å²) in [6.07, 6.45) is 3.45. The van der Waals surface area contributed by atoms with Gasteiger partial charge in [-0.1, -0.05) is 42.5 Å². The van der Waals surface area contributed by atoms with Gasteiger partial charge in [0.2, 0.25) is 0 Å². The standard InChI is InChI=1S/C23H20O4/c1-26-23-13-11-17(16-22(23)25)10-12-19(24)14-18-6-5-9-21(15-18)27-20-7-3-2-4-8-20/h2-13,15-16,25H,14H2,1H3/b12-10+. The molecule has 0 heterocycles. The molecule has 0 atom stereocenters. The first-order valence-electron chi connectivity index (χ1n) is 8.54. The van der Waals surface area contributed by atoms with Crippen molar-refractivity contribution in [3.8, 4) is 23.0 Å². The maximum Gasteiger partial charge on any atom is 0.160 e. The zero-order valence-electron chi connectivity index (χ0n) is 15.0. The summed E-state index contributed by atoms with van der Waals surface area (Å²) in [6.45, 7) is 0. The van der Waals surface area contributed by atoms with E-state index in [0.717, 1.165) is 16.9 Å². The first-order valence-corrected chi connectivity index (χ1v) is 8.54. The monoisotopic (exact) mass is 360 g/mol. The highest BCUT2D eigenvalue weighted by Gasteiger charge is 2.04. The molecule has 0 saturated carbocycles. The molecular formula is C23H20O4. The molecule has 0 unspecified atom stereocenters. The SMILES string of the molecule is COc1ccc(/C=C/C(=O)Cc2cccc(Oc3ccccc3)c2)cc1O. The molecule has 0 bridgehead atoms. The minimum absolute atomic E-state index is 0.0397. The summed E-state index contributed by atoms with van der Waals surface area (Å²) in [5, 5.41) is 9.79. The molecule has 0 radical (unpaired) electrons. The van der Waals surface area contributed by atoms with E-state index in [9.17, 15) is 9.90 Å². The smallest absolute Gasteiger partial charge is 0.160 e. The largest absolute Gasteiger partial charge is 0.504 e. The molecule has 0 amide bonds. The molecule has 3 aromatic carbocycles. The lowest BCUT2D eigenvalue weighted by Gasteiger charge is -2.07. The summed E-state index contributed by atoms with van der Waals surface area (Å²) >= 11 is 0. The lowest BCUT2D eigenvalue weighted by molar-refractivity contribution is -0.113. The van der Waals surface area contributed by atoms with Gasteiger partial charge < -0.3 is 14.6 Å². The third-order valence-electron chi connectivity index (χ3n) is 3.92. The zero-order chi connectivity index (χ0) is 19.1. The number of ether oxygens (including phenoxy) is 2. The summed E-state index contributed by atoms with van der Waals surface area (Å²) in [4.78, 5) is 12.2. The molecule has 4 heteroatoms. The number of phenols is 1. The minimum Gasteiger partial charge on any atom is -0.504 e. The van der Waals surface area contributed by atoms with Crippen LogP contribution in [-0.4, -0.2) is 18.0 Å². The van der Waals surface area contributed by atoms with Crippen molar-refractivity contribution in [2.45, 2.75) is 6.42 Å². The van der Waals surface area contributed by atoms with Gasteiger partial charge in [0, 0.05) is 6.42 Å². The van der Waals surface area contributed by atoms with Gasteiger partial charge in [-0.3, -0.25) is 4.79 Å². The lowest BCUT2D eigenvalue weighted by Crippen LogP contribution is -1.98. The van der Waals surface area contributed by atoms with Gasteiger partial charge in [-0.2, -0.15) is 0 Å². The predicted molar refractivity (Wildman–Crippen MR) is 105 cm³/mol. The van der Waals surface area contributed by atoms with E-state index in [-0.39, 0.29) is 18.0 Å². The number of rotatable bonds is 7. The maximum atomic E-state index is 12.2. The number of carbonyl (C=O) groups is 1. The second-order valence-electron chi connectivity index (χ2n) is 5.97. The van der Waals surface area contributed by atoms with Crippen LogP contribution >= 0.6 is 0 Å². The number of benzene rings is 3. The van der Waals surface area contributed by atoms with Gasteiger partial charge in [-0.15, -0.1) is 0 Å². The van der Waals surface area contributed by atoms with Gasteiger partial charge >= 0.3 is 0 Å². The Kier molecular flexibility index (Phi) is 5.90. The normalized spacial score (nSPS) is 10.7. The number of methoxy groups -OCH3 is 1. The molecule has 1 N–H and O–H groups in total. The van der Waals surface area contributed by atoms with E-state index in [1.807, 2.05) is 54.6 Å². The molecule has 0 aromatic heterocycles. The number of aromatic hydroxyl groups is 1. The van der Waals surface area contributed by atoms with Crippen molar-refractivity contribution in [3.63, 3.8) is 0 Å². The highest BCUT2D eigenvalue weighted by molar-refractivity contribution is 5.95. The van der Waals surface area contributed by atoms with E-state index in [2.05, 4.69) is 0 Å². The summed E-state index contributed by atoms with van der Waals surface area (Å²) in [5.41, 5.74) is 1.60. The first kappa shape index (κ1) is 18.3. The second-order valence-corrected chi connectivity index (χ2v) is 5.97. The maximum absolute atomic E-state index is 12.2. The molecule has 3 rings (SSSR count). The van der Waals surface area contributed by atoms with Crippen LogP contribution in [0.5, 0.6) is 23.0 Å². The highest BCUT2D eigenvalue weighted by atomic mass is 16.5. The number of para-hydroxylation sites is 1. The third-order valence-corrected chi connectivity index (χ3v) is 3.92. The van der Waals surface area contributed by atoms with Crippen molar-refractivity contribution in [1.29, 1.82) is 0 Å². The third kappa shape index (κ3) is 5.22. The zero-order valence-corrected chi connectivity index (χ0v) is 15.0. The number of hydrogen-bond donors (Lipinski definition) is 1. The number of phenolic OH excluding ortho intramolecular Hbond substituents is 1. The van der Waals surface area contributed by atoms with E-state index in [4.69, 9.17) is 9.47 Å². The van der Waals surface area contributed by atoms with Crippen molar-refractivity contribution in [3.05, 3.63) is 90.0 Å². The van der Waals surface area contributed by atoms with Crippen LogP contribution in [0.3, 0.4) is 0 Å². The van der Waals surface area contributed by atoms with Crippen LogP contribution in [0.4, 0.5) is 0 Å². The second kappa shape index (κ2) is 8.72. The molecule has 0 aliphatic heterocycles. The molecule has 0 fully saturated rings. The van der Waals surface area contributed by atoms with Gasteiger partial charge in [0.25, 0.3) is 0 Å². The molecule has 27 heavy (non-hydrogen) atoms. The molecular weight excluding hydrogens is 340 g/mol. The van der Waals surface area contributed by atoms with Gasteiger partial charge in [0.05, 0.1) is 7.11 Å². The molecule has 0 spiro atoms. The van der Waals surface area contributed by atoms with E-state index >= 15 is 0 Å². The van der Waals surface area contributed by atoms with Crippen LogP contribution in [0.15, 0.2) is 78.9 Å². The Balaban J connectivity index is 1.64. The molecule has 0 aliphatic carbocycles. The first-order chi connectivity index (χ1) is 13.1. The van der Waals surface area contributed by atoms with E-state index < -0.39 is 0 Å². The average molecular weight is 360 g/mol. The summed E-state index contributed by atoms with van der Waals surface area (Å²) in [6, 6.07) is 22.0. The number of ketones is 1. The van der Waals surface area contributed by atoms with Crippen molar-refractivity contribution in [1.82, 2.24) is 0 Å². The fourth-order valence-electron chi connectivity index (χ4n) is 2.60. The quantitative estimate of drug-likeness (QED) is 0.601. The Bertz CT molecular complexity index is 946. The fourth-order valence-corrected chi connectivity index (χ4v) is 2.60. The van der Waals surface area contributed by atoms with Crippen molar-refractivity contribution >= 4 is 11.9 Å². The topological polar surface area (TPSA) is 55.8 Å². The highest BCUT2D eigenvalue weighted by Crippen LogP contribution is 2.27. The molecule has 0 aliphatic rings. The van der Waals surface area contributed by atoms with Crippen LogP contribution in [0, 0.1) is 0 Å². The van der Waals surface area contributed by atoms with E-state index in [0.29, 0.717) is 11.5 Å². The fraction of sp³-hybridized carbons (Fsp3) is 0.0870. The van der Waals surface area contributed by atoms with Crippen LogP contribution in [0.2, 0.25) is 0 Å². The Morgan fingerprint density at radius 3 is 2.48 bits per heavy atom. The Morgan fingerprint density at radius 1 is 0.963 bits per heavy atom. The van der Waals surface area contributed by atoms with E-state index in [1.165, 1.54) is 13.2 Å². The van der Waals surface area contributed by atoms with Gasteiger partial charge in [0.15, 0.2) is 17.3 Å². The lowest BCUT2D eigenvalue weighted by atomic mass is 10.1. The Hall–Kier alpha value is -3.53.